The summed E-state index contributed by atoms with van der Waals surface area (Å²) in [6.45, 7) is 0. The summed E-state index contributed by atoms with van der Waals surface area (Å²) in [4.78, 5) is 18.2. The van der Waals surface area contributed by atoms with E-state index in [1.54, 1.807) is 11.3 Å². The van der Waals surface area contributed by atoms with Crippen LogP contribution in [0.15, 0.2) is 46.0 Å². The summed E-state index contributed by atoms with van der Waals surface area (Å²) < 4.78 is 0. The Morgan fingerprint density at radius 1 is 1.19 bits per heavy atom. The normalized spacial score (nSPS) is 10.8. The molecule has 0 amide bonds. The molecular weight excluding hydrogens is 220 g/mol. The van der Waals surface area contributed by atoms with Crippen LogP contribution in [0.2, 0.25) is 0 Å². The van der Waals surface area contributed by atoms with Gasteiger partial charge in [0.2, 0.25) is 5.56 Å². The van der Waals surface area contributed by atoms with Crippen LogP contribution in [0, 0.1) is 0 Å². The first-order chi connectivity index (χ1) is 7.83. The second kappa shape index (κ2) is 3.57. The first-order valence-corrected chi connectivity index (χ1v) is 5.79. The topological polar surface area (TPSA) is 45.8 Å². The van der Waals surface area contributed by atoms with Crippen LogP contribution < -0.4 is 5.56 Å². The van der Waals surface area contributed by atoms with Crippen molar-refractivity contribution < 1.29 is 0 Å². The Morgan fingerprint density at radius 2 is 2.12 bits per heavy atom. The highest BCUT2D eigenvalue weighted by Gasteiger charge is 2.01. The Balaban J connectivity index is 2.24. The number of aromatic amines is 1. The van der Waals surface area contributed by atoms with Crippen molar-refractivity contribution in [3.63, 3.8) is 0 Å². The summed E-state index contributed by atoms with van der Waals surface area (Å²) in [5.41, 5.74) is 4.63. The second-order valence-corrected chi connectivity index (χ2v) is 4.22. The van der Waals surface area contributed by atoms with Gasteiger partial charge in [-0.3, -0.25) is 4.79 Å². The SMILES string of the molecule is O=c1ccc2cc(-c3cscn3)ccc2[nH]1. The molecule has 0 radical (unpaired) electrons. The largest absolute Gasteiger partial charge is 0.322 e. The van der Waals surface area contributed by atoms with Crippen molar-refractivity contribution in [3.8, 4) is 11.3 Å². The van der Waals surface area contributed by atoms with Gasteiger partial charge in [0.15, 0.2) is 0 Å². The molecule has 1 aromatic carbocycles. The van der Waals surface area contributed by atoms with Gasteiger partial charge in [-0.1, -0.05) is 6.07 Å². The highest BCUT2D eigenvalue weighted by molar-refractivity contribution is 7.07. The number of nitrogens with zero attached hydrogens (tertiary/aromatic N) is 1. The van der Waals surface area contributed by atoms with E-state index in [0.717, 1.165) is 22.2 Å². The smallest absolute Gasteiger partial charge is 0.248 e. The van der Waals surface area contributed by atoms with Crippen LogP contribution in [0.1, 0.15) is 0 Å². The quantitative estimate of drug-likeness (QED) is 0.696. The van der Waals surface area contributed by atoms with Gasteiger partial charge in [-0.15, -0.1) is 11.3 Å². The Hall–Kier alpha value is -1.94. The molecule has 3 rings (SSSR count). The molecule has 0 bridgehead atoms. The van der Waals surface area contributed by atoms with E-state index in [-0.39, 0.29) is 5.56 Å². The van der Waals surface area contributed by atoms with E-state index in [1.807, 2.05) is 35.2 Å². The highest BCUT2D eigenvalue weighted by atomic mass is 32.1. The molecule has 0 saturated heterocycles. The van der Waals surface area contributed by atoms with Gasteiger partial charge >= 0.3 is 0 Å². The molecule has 3 aromatic rings. The van der Waals surface area contributed by atoms with Crippen LogP contribution in [-0.2, 0) is 0 Å². The number of rotatable bonds is 1. The number of H-pyrrole nitrogens is 1. The predicted molar refractivity (Wildman–Crippen MR) is 65.7 cm³/mol. The number of hydrogen-bond acceptors (Lipinski definition) is 3. The molecule has 0 aliphatic carbocycles. The lowest BCUT2D eigenvalue weighted by molar-refractivity contribution is 1.31. The van der Waals surface area contributed by atoms with Crippen molar-refractivity contribution in [3.05, 3.63) is 51.6 Å². The number of fused-ring (bicyclic) bond motifs is 1. The number of nitrogens with one attached hydrogen (secondary N) is 1. The molecule has 16 heavy (non-hydrogen) atoms. The van der Waals surface area contributed by atoms with E-state index in [1.165, 1.54) is 6.07 Å². The summed E-state index contributed by atoms with van der Waals surface area (Å²) in [6, 6.07) is 9.26. The summed E-state index contributed by atoms with van der Waals surface area (Å²) in [7, 11) is 0. The van der Waals surface area contributed by atoms with Crippen LogP contribution in [0.3, 0.4) is 0 Å². The van der Waals surface area contributed by atoms with Gasteiger partial charge in [-0.25, -0.2) is 4.98 Å². The molecule has 0 aliphatic rings. The third-order valence-electron chi connectivity index (χ3n) is 2.45. The first kappa shape index (κ1) is 9.30. The number of hydrogen-bond donors (Lipinski definition) is 1. The fourth-order valence-corrected chi connectivity index (χ4v) is 2.23. The molecule has 0 unspecified atom stereocenters. The van der Waals surface area contributed by atoms with E-state index >= 15 is 0 Å². The van der Waals surface area contributed by atoms with Crippen LogP contribution in [0.4, 0.5) is 0 Å². The van der Waals surface area contributed by atoms with Crippen LogP contribution in [-0.4, -0.2) is 9.97 Å². The molecule has 0 saturated carbocycles. The summed E-state index contributed by atoms with van der Waals surface area (Å²) in [6.07, 6.45) is 0. The van der Waals surface area contributed by atoms with Gasteiger partial charge < -0.3 is 4.98 Å². The maximum Gasteiger partial charge on any atom is 0.248 e. The molecular formula is C12H8N2OS. The summed E-state index contributed by atoms with van der Waals surface area (Å²) in [5.74, 6) is 0. The number of pyridine rings is 1. The minimum atomic E-state index is -0.0751. The van der Waals surface area contributed by atoms with Crippen molar-refractivity contribution in [2.24, 2.45) is 0 Å². The zero-order chi connectivity index (χ0) is 11.0. The predicted octanol–water partition coefficient (Wildman–Crippen LogP) is 2.65. The molecule has 78 valence electrons. The van der Waals surface area contributed by atoms with Crippen LogP contribution in [0.25, 0.3) is 22.2 Å². The Labute approximate surface area is 95.4 Å². The van der Waals surface area contributed by atoms with E-state index in [0.29, 0.717) is 0 Å². The maximum atomic E-state index is 11.1. The van der Waals surface area contributed by atoms with E-state index in [2.05, 4.69) is 9.97 Å². The van der Waals surface area contributed by atoms with Crippen molar-refractivity contribution >= 4 is 22.2 Å². The average Bonchev–Trinajstić information content (AvgIpc) is 2.82. The minimum absolute atomic E-state index is 0.0751. The Kier molecular flexibility index (Phi) is 2.08. The number of benzene rings is 1. The molecule has 2 heterocycles. The zero-order valence-corrected chi connectivity index (χ0v) is 9.12. The van der Waals surface area contributed by atoms with Crippen molar-refractivity contribution in [2.75, 3.05) is 0 Å². The monoisotopic (exact) mass is 228 g/mol. The Bertz CT molecular complexity index is 686. The molecule has 3 nitrogen and oxygen atoms in total. The highest BCUT2D eigenvalue weighted by Crippen LogP contribution is 2.22. The lowest BCUT2D eigenvalue weighted by Gasteiger charge is -2.00. The van der Waals surface area contributed by atoms with E-state index in [9.17, 15) is 4.79 Å². The number of aromatic nitrogens is 2. The first-order valence-electron chi connectivity index (χ1n) is 4.84. The van der Waals surface area contributed by atoms with Crippen LogP contribution >= 0.6 is 11.3 Å². The van der Waals surface area contributed by atoms with Gasteiger partial charge in [0, 0.05) is 22.5 Å². The maximum absolute atomic E-state index is 11.1. The van der Waals surface area contributed by atoms with Crippen molar-refractivity contribution in [1.29, 1.82) is 0 Å². The standard InChI is InChI=1S/C12H8N2OS/c15-12-4-2-8-5-9(1-3-10(8)14-12)11-6-16-7-13-11/h1-7H,(H,14,15). The molecule has 1 N–H and O–H groups in total. The third-order valence-corrected chi connectivity index (χ3v) is 3.04. The molecule has 0 atom stereocenters. The fraction of sp³-hybridized carbons (Fsp3) is 0. The van der Waals surface area contributed by atoms with E-state index < -0.39 is 0 Å². The molecule has 4 heteroatoms. The van der Waals surface area contributed by atoms with Gasteiger partial charge in [-0.05, 0) is 23.6 Å². The van der Waals surface area contributed by atoms with Gasteiger partial charge in [0.1, 0.15) is 0 Å². The fourth-order valence-electron chi connectivity index (χ4n) is 1.67. The van der Waals surface area contributed by atoms with Crippen molar-refractivity contribution in [2.45, 2.75) is 0 Å². The molecule has 0 fully saturated rings. The number of thiazole rings is 1. The molecule has 0 spiro atoms. The minimum Gasteiger partial charge on any atom is -0.322 e. The van der Waals surface area contributed by atoms with Gasteiger partial charge in [0.05, 0.1) is 11.2 Å². The lowest BCUT2D eigenvalue weighted by atomic mass is 10.1. The Morgan fingerprint density at radius 3 is 2.94 bits per heavy atom. The van der Waals surface area contributed by atoms with Crippen LogP contribution in [0.5, 0.6) is 0 Å². The van der Waals surface area contributed by atoms with E-state index in [4.69, 9.17) is 0 Å². The summed E-state index contributed by atoms with van der Waals surface area (Å²) in [5, 5.41) is 3.03. The van der Waals surface area contributed by atoms with Gasteiger partial charge in [-0.2, -0.15) is 0 Å². The van der Waals surface area contributed by atoms with Crippen molar-refractivity contribution in [1.82, 2.24) is 9.97 Å². The second-order valence-electron chi connectivity index (χ2n) is 3.50. The zero-order valence-electron chi connectivity index (χ0n) is 8.31. The summed E-state index contributed by atoms with van der Waals surface area (Å²) >= 11 is 1.57. The lowest BCUT2D eigenvalue weighted by Crippen LogP contribution is -2.01. The molecule has 2 aromatic heterocycles. The average molecular weight is 228 g/mol. The van der Waals surface area contributed by atoms with Gasteiger partial charge in [0.25, 0.3) is 0 Å². The third kappa shape index (κ3) is 1.53. The molecule has 0 aliphatic heterocycles.